The fraction of sp³-hybridized carbons (Fsp3) is 0. The molecular weight excluding hydrogens is 275 g/mol. The summed E-state index contributed by atoms with van der Waals surface area (Å²) in [5.74, 6) is 0. The van der Waals surface area contributed by atoms with Gasteiger partial charge in [0.1, 0.15) is 11.5 Å². The molecule has 0 unspecified atom stereocenters. The van der Waals surface area contributed by atoms with Gasteiger partial charge in [0, 0.05) is 4.47 Å². The van der Waals surface area contributed by atoms with Gasteiger partial charge < -0.3 is 0 Å². The van der Waals surface area contributed by atoms with Crippen molar-refractivity contribution in [3.05, 3.63) is 33.1 Å². The normalized spacial score (nSPS) is 10.7. The molecule has 0 bridgehead atoms. The van der Waals surface area contributed by atoms with Crippen LogP contribution >= 0.6 is 39.1 Å². The quantitative estimate of drug-likeness (QED) is 0.686. The third kappa shape index (κ3) is 1.64. The van der Waals surface area contributed by atoms with Crippen LogP contribution in [0.4, 0.5) is 0 Å². The molecule has 13 heavy (non-hydrogen) atoms. The molecule has 66 valence electrons. The van der Waals surface area contributed by atoms with E-state index in [2.05, 4.69) is 25.9 Å². The van der Waals surface area contributed by atoms with E-state index < -0.39 is 0 Å². The molecule has 0 radical (unpaired) electrons. The van der Waals surface area contributed by atoms with E-state index >= 15 is 0 Å². The number of fused-ring (bicyclic) bond motifs is 1. The minimum absolute atomic E-state index is 0.377. The van der Waals surface area contributed by atoms with Gasteiger partial charge in [0.25, 0.3) is 0 Å². The van der Waals surface area contributed by atoms with Crippen LogP contribution in [0, 0.1) is 0 Å². The average molecular weight is 278 g/mol. The fourth-order valence-electron chi connectivity index (χ4n) is 1.07. The van der Waals surface area contributed by atoms with E-state index in [1.807, 2.05) is 6.07 Å². The lowest BCUT2D eigenvalue weighted by Crippen LogP contribution is -1.84. The van der Waals surface area contributed by atoms with Crippen molar-refractivity contribution in [2.75, 3.05) is 0 Å². The summed E-state index contributed by atoms with van der Waals surface area (Å²) in [5.41, 5.74) is 0.736. The SMILES string of the molecule is Clc1cc(Br)cc2ncnc(Cl)c12. The van der Waals surface area contributed by atoms with Crippen LogP contribution in [0.5, 0.6) is 0 Å². The Hall–Kier alpha value is -0.380. The number of rotatable bonds is 0. The zero-order valence-corrected chi connectivity index (χ0v) is 9.36. The number of halogens is 3. The van der Waals surface area contributed by atoms with Gasteiger partial charge in [-0.15, -0.1) is 0 Å². The zero-order valence-electron chi connectivity index (χ0n) is 6.26. The highest BCUT2D eigenvalue weighted by molar-refractivity contribution is 9.10. The smallest absolute Gasteiger partial charge is 0.141 e. The first kappa shape index (κ1) is 9.19. The lowest BCUT2D eigenvalue weighted by molar-refractivity contribution is 1.22. The van der Waals surface area contributed by atoms with Crippen molar-refractivity contribution in [2.45, 2.75) is 0 Å². The minimum atomic E-state index is 0.377. The van der Waals surface area contributed by atoms with Crippen molar-refractivity contribution in [2.24, 2.45) is 0 Å². The third-order valence-corrected chi connectivity index (χ3v) is 2.65. The maximum absolute atomic E-state index is 5.97. The predicted octanol–water partition coefficient (Wildman–Crippen LogP) is 3.70. The topological polar surface area (TPSA) is 25.8 Å². The van der Waals surface area contributed by atoms with Gasteiger partial charge in [-0.1, -0.05) is 39.1 Å². The molecule has 0 aliphatic rings. The Morgan fingerprint density at radius 1 is 1.15 bits per heavy atom. The first-order valence-corrected chi connectivity index (χ1v) is 4.98. The van der Waals surface area contributed by atoms with Crippen molar-refractivity contribution in [1.29, 1.82) is 0 Å². The molecule has 2 rings (SSSR count). The van der Waals surface area contributed by atoms with E-state index in [0.717, 1.165) is 9.99 Å². The second kappa shape index (κ2) is 3.40. The molecule has 0 saturated carbocycles. The molecule has 0 aliphatic heterocycles. The molecule has 0 aliphatic carbocycles. The van der Waals surface area contributed by atoms with Gasteiger partial charge in [-0.25, -0.2) is 9.97 Å². The zero-order chi connectivity index (χ0) is 9.42. The fourth-order valence-corrected chi connectivity index (χ4v) is 2.24. The number of aromatic nitrogens is 2. The van der Waals surface area contributed by atoms with Crippen molar-refractivity contribution in [1.82, 2.24) is 9.97 Å². The van der Waals surface area contributed by atoms with Crippen molar-refractivity contribution in [3.8, 4) is 0 Å². The van der Waals surface area contributed by atoms with Crippen molar-refractivity contribution in [3.63, 3.8) is 0 Å². The van der Waals surface area contributed by atoms with Gasteiger partial charge in [-0.05, 0) is 12.1 Å². The summed E-state index contributed by atoms with van der Waals surface area (Å²) in [5, 5.41) is 1.62. The van der Waals surface area contributed by atoms with E-state index in [4.69, 9.17) is 23.2 Å². The Kier molecular flexibility index (Phi) is 2.41. The first-order valence-electron chi connectivity index (χ1n) is 3.44. The Morgan fingerprint density at radius 2 is 1.92 bits per heavy atom. The van der Waals surface area contributed by atoms with Crippen LogP contribution in [0.25, 0.3) is 10.9 Å². The Bertz CT molecular complexity index is 473. The van der Waals surface area contributed by atoms with Crippen LogP contribution in [-0.2, 0) is 0 Å². The maximum Gasteiger partial charge on any atom is 0.141 e. The van der Waals surface area contributed by atoms with Gasteiger partial charge in [0.2, 0.25) is 0 Å². The summed E-state index contributed by atoms with van der Waals surface area (Å²) in [6.07, 6.45) is 1.41. The highest BCUT2D eigenvalue weighted by Gasteiger charge is 2.06. The number of nitrogens with zero attached hydrogens (tertiary/aromatic N) is 2. The molecule has 0 atom stereocenters. The van der Waals surface area contributed by atoms with E-state index in [9.17, 15) is 0 Å². The number of benzene rings is 1. The monoisotopic (exact) mass is 276 g/mol. The Balaban J connectivity index is 2.94. The van der Waals surface area contributed by atoms with Crippen molar-refractivity contribution >= 4 is 50.0 Å². The number of hydrogen-bond acceptors (Lipinski definition) is 2. The maximum atomic E-state index is 5.97. The Labute approximate surface area is 93.0 Å². The van der Waals surface area contributed by atoms with Gasteiger partial charge in [-0.3, -0.25) is 0 Å². The number of hydrogen-bond donors (Lipinski definition) is 0. The lowest BCUT2D eigenvalue weighted by atomic mass is 10.2. The van der Waals surface area contributed by atoms with Crippen LogP contribution in [0.2, 0.25) is 10.2 Å². The second-order valence-electron chi connectivity index (χ2n) is 2.45. The van der Waals surface area contributed by atoms with E-state index in [0.29, 0.717) is 15.6 Å². The van der Waals surface area contributed by atoms with Crippen LogP contribution in [0.1, 0.15) is 0 Å². The van der Waals surface area contributed by atoms with Gasteiger partial charge in [-0.2, -0.15) is 0 Å². The summed E-state index contributed by atoms with van der Waals surface area (Å²) < 4.78 is 0.875. The highest BCUT2D eigenvalue weighted by Crippen LogP contribution is 2.30. The summed E-state index contributed by atoms with van der Waals surface area (Å²) in [7, 11) is 0. The highest BCUT2D eigenvalue weighted by atomic mass is 79.9. The molecule has 2 nitrogen and oxygen atoms in total. The summed E-state index contributed by atoms with van der Waals surface area (Å²) in [4.78, 5) is 7.91. The van der Waals surface area contributed by atoms with Gasteiger partial charge in [0.05, 0.1) is 15.9 Å². The molecule has 0 spiro atoms. The molecule has 1 aromatic carbocycles. The largest absolute Gasteiger partial charge is 0.236 e. The van der Waals surface area contributed by atoms with Crippen LogP contribution in [-0.4, -0.2) is 9.97 Å². The molecular formula is C8H3BrCl2N2. The van der Waals surface area contributed by atoms with E-state index in [1.54, 1.807) is 6.07 Å². The molecule has 0 saturated heterocycles. The molecule has 0 fully saturated rings. The summed E-state index contributed by atoms with van der Waals surface area (Å²) in [6.45, 7) is 0. The van der Waals surface area contributed by atoms with E-state index in [1.165, 1.54) is 6.33 Å². The minimum Gasteiger partial charge on any atom is -0.236 e. The average Bonchev–Trinajstić information content (AvgIpc) is 2.02. The van der Waals surface area contributed by atoms with Crippen LogP contribution in [0.3, 0.4) is 0 Å². The van der Waals surface area contributed by atoms with Crippen LogP contribution < -0.4 is 0 Å². The van der Waals surface area contributed by atoms with E-state index in [-0.39, 0.29) is 0 Å². The first-order chi connectivity index (χ1) is 6.18. The summed E-state index contributed by atoms with van der Waals surface area (Å²) >= 11 is 15.2. The standard InChI is InChI=1S/C8H3BrCl2N2/c9-4-1-5(10)7-6(2-4)12-3-13-8(7)11/h1-3H. The summed E-state index contributed by atoms with van der Waals surface area (Å²) in [6, 6.07) is 3.61. The Morgan fingerprint density at radius 3 is 2.69 bits per heavy atom. The lowest BCUT2D eigenvalue weighted by Gasteiger charge is -2.01. The molecule has 0 amide bonds. The van der Waals surface area contributed by atoms with Crippen LogP contribution in [0.15, 0.2) is 22.9 Å². The molecule has 0 N–H and O–H groups in total. The van der Waals surface area contributed by atoms with Gasteiger partial charge in [0.15, 0.2) is 0 Å². The molecule has 1 heterocycles. The molecule has 5 heteroatoms. The molecule has 1 aromatic heterocycles. The second-order valence-corrected chi connectivity index (χ2v) is 4.13. The van der Waals surface area contributed by atoms with Gasteiger partial charge >= 0.3 is 0 Å². The third-order valence-electron chi connectivity index (χ3n) is 1.61. The molecule has 2 aromatic rings. The predicted molar refractivity (Wildman–Crippen MR) is 57.3 cm³/mol. The van der Waals surface area contributed by atoms with Crippen molar-refractivity contribution < 1.29 is 0 Å².